The molecule has 0 aromatic heterocycles. The number of benzene rings is 2. The molecule has 0 radical (unpaired) electrons. The Labute approximate surface area is 213 Å². The lowest BCUT2D eigenvalue weighted by molar-refractivity contribution is -0.143. The van der Waals surface area contributed by atoms with Gasteiger partial charge >= 0.3 is 5.97 Å². The molecule has 1 aliphatic carbocycles. The molecule has 0 fully saturated rings. The summed E-state index contributed by atoms with van der Waals surface area (Å²) >= 11 is 0. The Hall–Kier alpha value is -3.54. The minimum Gasteiger partial charge on any atom is -0.497 e. The predicted molar refractivity (Wildman–Crippen MR) is 139 cm³/mol. The molecule has 2 atom stereocenters. The van der Waals surface area contributed by atoms with Crippen molar-refractivity contribution in [3.63, 3.8) is 0 Å². The lowest BCUT2D eigenvalue weighted by Crippen LogP contribution is -2.36. The smallest absolute Gasteiger partial charge is 0.337 e. The summed E-state index contributed by atoms with van der Waals surface area (Å²) in [6.07, 6.45) is 0.694. The third-order valence-electron chi connectivity index (χ3n) is 6.57. The molecule has 6 heteroatoms. The number of carbonyl (C=O) groups is 2. The zero-order chi connectivity index (χ0) is 26.0. The third kappa shape index (κ3) is 5.18. The van der Waals surface area contributed by atoms with Crippen LogP contribution in [0.4, 0.5) is 0 Å². The quantitative estimate of drug-likeness (QED) is 0.496. The van der Waals surface area contributed by atoms with E-state index in [1.165, 1.54) is 0 Å². The second-order valence-electron chi connectivity index (χ2n) is 9.95. The lowest BCUT2D eigenvalue weighted by atomic mass is 9.71. The van der Waals surface area contributed by atoms with Crippen molar-refractivity contribution in [3.8, 4) is 11.5 Å². The van der Waals surface area contributed by atoms with Crippen LogP contribution in [-0.2, 0) is 14.3 Å². The number of rotatable bonds is 7. The zero-order valence-corrected chi connectivity index (χ0v) is 21.9. The van der Waals surface area contributed by atoms with Crippen LogP contribution in [0.3, 0.4) is 0 Å². The van der Waals surface area contributed by atoms with E-state index >= 15 is 0 Å². The molecule has 4 rings (SSSR count). The number of nitrogens with one attached hydrogen (secondary N) is 1. The summed E-state index contributed by atoms with van der Waals surface area (Å²) in [4.78, 5) is 27.2. The summed E-state index contributed by atoms with van der Waals surface area (Å²) in [6.45, 7) is 9.45. The molecule has 6 nitrogen and oxygen atoms in total. The van der Waals surface area contributed by atoms with E-state index in [2.05, 4.69) is 5.32 Å². The van der Waals surface area contributed by atoms with Crippen molar-refractivity contribution < 1.29 is 23.8 Å². The van der Waals surface area contributed by atoms with E-state index in [-0.39, 0.29) is 23.9 Å². The van der Waals surface area contributed by atoms with Crippen molar-refractivity contribution in [3.05, 3.63) is 82.2 Å². The normalized spacial score (nSPS) is 19.8. The minimum atomic E-state index is -0.563. The zero-order valence-electron chi connectivity index (χ0n) is 21.9. The van der Waals surface area contributed by atoms with Crippen molar-refractivity contribution >= 4 is 11.8 Å². The van der Waals surface area contributed by atoms with Crippen LogP contribution in [0.25, 0.3) is 0 Å². The number of hydrogen-bond acceptors (Lipinski definition) is 6. The first kappa shape index (κ1) is 25.5. The summed E-state index contributed by atoms with van der Waals surface area (Å²) in [5, 5.41) is 3.41. The molecule has 0 amide bonds. The SMILES string of the molecule is COc1ccc([C@@H]2CC(=O)C3=C(C2)NC(C)=C(C(=O)OC(C)C)[C@H]3c2ccccc2OC(C)C)cc1. The van der Waals surface area contributed by atoms with E-state index in [0.717, 1.165) is 22.6 Å². The molecule has 0 bridgehead atoms. The van der Waals surface area contributed by atoms with E-state index in [1.807, 2.05) is 83.1 Å². The van der Waals surface area contributed by atoms with Crippen molar-refractivity contribution in [1.82, 2.24) is 5.32 Å². The Kier molecular flexibility index (Phi) is 7.53. The van der Waals surface area contributed by atoms with Gasteiger partial charge in [0.1, 0.15) is 11.5 Å². The first-order valence-electron chi connectivity index (χ1n) is 12.5. The van der Waals surface area contributed by atoms with E-state index in [4.69, 9.17) is 14.2 Å². The Morgan fingerprint density at radius 2 is 1.67 bits per heavy atom. The average molecular weight is 490 g/mol. The van der Waals surface area contributed by atoms with Crippen LogP contribution in [0.15, 0.2) is 71.1 Å². The van der Waals surface area contributed by atoms with Crippen molar-refractivity contribution in [2.24, 2.45) is 0 Å². The highest BCUT2D eigenvalue weighted by atomic mass is 16.5. The number of esters is 1. The molecule has 36 heavy (non-hydrogen) atoms. The molecule has 2 aliphatic rings. The second kappa shape index (κ2) is 10.6. The van der Waals surface area contributed by atoms with Gasteiger partial charge in [0.25, 0.3) is 0 Å². The Balaban J connectivity index is 1.81. The van der Waals surface area contributed by atoms with Crippen LogP contribution in [0, 0.1) is 0 Å². The van der Waals surface area contributed by atoms with Gasteiger partial charge in [0.05, 0.1) is 30.8 Å². The number of dihydropyridines is 1. The number of ether oxygens (including phenoxy) is 3. The molecular formula is C30H35NO5. The maximum atomic E-state index is 13.8. The van der Waals surface area contributed by atoms with Gasteiger partial charge in [-0.25, -0.2) is 4.79 Å². The van der Waals surface area contributed by atoms with E-state index in [9.17, 15) is 9.59 Å². The molecule has 2 aromatic rings. The highest BCUT2D eigenvalue weighted by Gasteiger charge is 2.42. The summed E-state index contributed by atoms with van der Waals surface area (Å²) in [7, 11) is 1.64. The van der Waals surface area contributed by atoms with Crippen molar-refractivity contribution in [2.75, 3.05) is 7.11 Å². The number of allylic oxidation sites excluding steroid dienone is 3. The number of para-hydroxylation sites is 1. The van der Waals surface area contributed by atoms with Crippen LogP contribution in [0.2, 0.25) is 0 Å². The first-order valence-corrected chi connectivity index (χ1v) is 12.5. The minimum absolute atomic E-state index is 0.0243. The summed E-state index contributed by atoms with van der Waals surface area (Å²) in [5.74, 6) is 0.526. The van der Waals surface area contributed by atoms with Gasteiger partial charge in [-0.15, -0.1) is 0 Å². The molecule has 0 saturated carbocycles. The Morgan fingerprint density at radius 3 is 2.31 bits per heavy atom. The van der Waals surface area contributed by atoms with Gasteiger partial charge in [0.2, 0.25) is 0 Å². The Morgan fingerprint density at radius 1 is 0.972 bits per heavy atom. The fraction of sp³-hybridized carbons (Fsp3) is 0.400. The molecule has 1 heterocycles. The number of Topliss-reactive ketones (excluding diaryl/α,β-unsaturated/α-hetero) is 1. The Bertz CT molecular complexity index is 1210. The van der Waals surface area contributed by atoms with Crippen molar-refractivity contribution in [1.29, 1.82) is 0 Å². The molecule has 0 unspecified atom stereocenters. The maximum absolute atomic E-state index is 13.8. The molecule has 1 N–H and O–H groups in total. The van der Waals surface area contributed by atoms with Gasteiger partial charge in [-0.05, 0) is 70.7 Å². The van der Waals surface area contributed by atoms with Crippen LogP contribution in [-0.4, -0.2) is 31.1 Å². The molecular weight excluding hydrogens is 454 g/mol. The first-order chi connectivity index (χ1) is 17.2. The summed E-state index contributed by atoms with van der Waals surface area (Å²) in [6, 6.07) is 15.5. The molecule has 190 valence electrons. The topological polar surface area (TPSA) is 73.9 Å². The maximum Gasteiger partial charge on any atom is 0.337 e. The summed E-state index contributed by atoms with van der Waals surface area (Å²) < 4.78 is 17.1. The number of carbonyl (C=O) groups excluding carboxylic acids is 2. The highest BCUT2D eigenvalue weighted by Crippen LogP contribution is 2.48. The van der Waals surface area contributed by atoms with Gasteiger partial charge in [-0.3, -0.25) is 4.79 Å². The van der Waals surface area contributed by atoms with E-state index in [0.29, 0.717) is 35.4 Å². The van der Waals surface area contributed by atoms with Gasteiger partial charge in [0, 0.05) is 29.0 Å². The summed E-state index contributed by atoms with van der Waals surface area (Å²) in [5.41, 5.74) is 4.53. The largest absolute Gasteiger partial charge is 0.497 e. The highest BCUT2D eigenvalue weighted by molar-refractivity contribution is 6.04. The van der Waals surface area contributed by atoms with Crippen LogP contribution in [0.1, 0.15) is 70.4 Å². The van der Waals surface area contributed by atoms with Crippen LogP contribution in [0.5, 0.6) is 11.5 Å². The van der Waals surface area contributed by atoms with E-state index in [1.54, 1.807) is 7.11 Å². The predicted octanol–water partition coefficient (Wildman–Crippen LogP) is 5.80. The number of hydrogen-bond donors (Lipinski definition) is 1. The molecule has 2 aromatic carbocycles. The molecule has 0 saturated heterocycles. The monoisotopic (exact) mass is 489 g/mol. The van der Waals surface area contributed by atoms with E-state index < -0.39 is 11.9 Å². The second-order valence-corrected chi connectivity index (χ2v) is 9.95. The number of ketones is 1. The lowest BCUT2D eigenvalue weighted by Gasteiger charge is -2.37. The molecule has 0 spiro atoms. The van der Waals surface area contributed by atoms with Crippen LogP contribution < -0.4 is 14.8 Å². The van der Waals surface area contributed by atoms with Gasteiger partial charge in [-0.2, -0.15) is 0 Å². The standard InChI is InChI=1S/C30H35NO5/c1-17(2)35-26-10-8-7-9-23(26)28-27(30(33)36-18(3)4)19(5)31-24-15-21(16-25(32)29(24)28)20-11-13-22(34-6)14-12-20/h7-14,17-18,21,28,31H,15-16H2,1-6H3/t21-,28+/m0/s1. The third-order valence-corrected chi connectivity index (χ3v) is 6.57. The molecule has 1 aliphatic heterocycles. The van der Waals surface area contributed by atoms with Gasteiger partial charge in [-0.1, -0.05) is 30.3 Å². The fourth-order valence-corrected chi connectivity index (χ4v) is 5.09. The van der Waals surface area contributed by atoms with Crippen molar-refractivity contribution in [2.45, 2.75) is 71.5 Å². The van der Waals surface area contributed by atoms with Gasteiger partial charge in [0.15, 0.2) is 5.78 Å². The average Bonchev–Trinajstić information content (AvgIpc) is 2.82. The fourth-order valence-electron chi connectivity index (χ4n) is 5.09. The number of methoxy groups -OCH3 is 1. The van der Waals surface area contributed by atoms with Crippen LogP contribution >= 0.6 is 0 Å². The van der Waals surface area contributed by atoms with Gasteiger partial charge < -0.3 is 19.5 Å².